The second-order valence-electron chi connectivity index (χ2n) is 9.96. The number of aromatic nitrogens is 1. The fourth-order valence-electron chi connectivity index (χ4n) is 5.53. The lowest BCUT2D eigenvalue weighted by atomic mass is 9.94. The Balaban J connectivity index is 1.27. The SMILES string of the molecule is Cc1nc2cc(N3C(=O)c4cccc(N5CCC[C@H](C(=O)N(C)[C@H](C)c6ccco6)C5)c4C3=O)ccc2s1. The molecule has 0 N–H and O–H groups in total. The molecule has 2 aromatic carbocycles. The largest absolute Gasteiger partial charge is 0.467 e. The van der Waals surface area contributed by atoms with Crippen molar-refractivity contribution in [2.45, 2.75) is 32.7 Å². The van der Waals surface area contributed by atoms with Gasteiger partial charge in [0.25, 0.3) is 11.8 Å². The van der Waals surface area contributed by atoms with Crippen molar-refractivity contribution in [3.63, 3.8) is 0 Å². The van der Waals surface area contributed by atoms with Crippen LogP contribution in [0.3, 0.4) is 0 Å². The van der Waals surface area contributed by atoms with Gasteiger partial charge in [-0.3, -0.25) is 14.4 Å². The van der Waals surface area contributed by atoms with E-state index in [-0.39, 0.29) is 29.7 Å². The maximum atomic E-state index is 13.7. The van der Waals surface area contributed by atoms with E-state index in [1.165, 1.54) is 4.90 Å². The van der Waals surface area contributed by atoms with Crippen LogP contribution in [0.1, 0.15) is 57.3 Å². The monoisotopic (exact) mass is 528 g/mol. The number of aryl methyl sites for hydroxylation is 1. The van der Waals surface area contributed by atoms with Gasteiger partial charge in [0.15, 0.2) is 0 Å². The molecular weight excluding hydrogens is 500 g/mol. The number of anilines is 2. The highest BCUT2D eigenvalue weighted by molar-refractivity contribution is 7.18. The van der Waals surface area contributed by atoms with E-state index in [2.05, 4.69) is 9.88 Å². The molecule has 0 aliphatic carbocycles. The standard InChI is InChI=1S/C29H28N4O4S/c1-17(24-10-6-14-37-24)31(3)27(34)19-7-5-13-32(16-19)23-9-4-8-21-26(23)29(36)33(28(21)35)20-11-12-25-22(15-20)30-18(2)38-25/h4,6,8-12,14-15,17,19H,5,7,13,16H2,1-3H3/t17-,19+/m1/s1. The first kappa shape index (κ1) is 24.4. The van der Waals surface area contributed by atoms with E-state index in [0.717, 1.165) is 33.8 Å². The van der Waals surface area contributed by atoms with E-state index in [9.17, 15) is 14.4 Å². The minimum Gasteiger partial charge on any atom is -0.467 e. The van der Waals surface area contributed by atoms with Crippen LogP contribution < -0.4 is 9.80 Å². The van der Waals surface area contributed by atoms with E-state index < -0.39 is 0 Å². The van der Waals surface area contributed by atoms with Crippen LogP contribution in [0.15, 0.2) is 59.2 Å². The summed E-state index contributed by atoms with van der Waals surface area (Å²) in [6.07, 6.45) is 3.19. The summed E-state index contributed by atoms with van der Waals surface area (Å²) in [5.74, 6) is -0.119. The Hall–Kier alpha value is -3.98. The Morgan fingerprint density at radius 2 is 2.00 bits per heavy atom. The van der Waals surface area contributed by atoms with Gasteiger partial charge in [-0.05, 0) is 69.2 Å². The zero-order valence-electron chi connectivity index (χ0n) is 21.5. The quantitative estimate of drug-likeness (QED) is 0.321. The van der Waals surface area contributed by atoms with E-state index in [1.54, 1.807) is 47.7 Å². The van der Waals surface area contributed by atoms with Crippen molar-refractivity contribution in [3.05, 3.63) is 76.7 Å². The zero-order chi connectivity index (χ0) is 26.6. The van der Waals surface area contributed by atoms with Gasteiger partial charge in [0.2, 0.25) is 5.91 Å². The van der Waals surface area contributed by atoms with Crippen molar-refractivity contribution in [3.8, 4) is 0 Å². The van der Waals surface area contributed by atoms with Gasteiger partial charge < -0.3 is 14.2 Å². The van der Waals surface area contributed by atoms with Crippen LogP contribution in [0.4, 0.5) is 11.4 Å². The Bertz CT molecular complexity index is 1560. The van der Waals surface area contributed by atoms with Crippen LogP contribution in [0.2, 0.25) is 0 Å². The smallest absolute Gasteiger partial charge is 0.268 e. The summed E-state index contributed by atoms with van der Waals surface area (Å²) in [7, 11) is 1.80. The number of carbonyl (C=O) groups excluding carboxylic acids is 3. The summed E-state index contributed by atoms with van der Waals surface area (Å²) in [4.78, 5) is 50.2. The van der Waals surface area contributed by atoms with Gasteiger partial charge in [0.1, 0.15) is 5.76 Å². The van der Waals surface area contributed by atoms with Crippen molar-refractivity contribution in [2.24, 2.45) is 5.92 Å². The van der Waals surface area contributed by atoms with Crippen LogP contribution in [0, 0.1) is 12.8 Å². The number of piperidine rings is 1. The minimum absolute atomic E-state index is 0.0436. The van der Waals surface area contributed by atoms with E-state index in [4.69, 9.17) is 4.42 Å². The summed E-state index contributed by atoms with van der Waals surface area (Å²) in [6.45, 7) is 5.08. The Kier molecular flexibility index (Phi) is 6.03. The number of amides is 3. The predicted molar refractivity (Wildman–Crippen MR) is 147 cm³/mol. The maximum Gasteiger partial charge on any atom is 0.268 e. The summed E-state index contributed by atoms with van der Waals surface area (Å²) >= 11 is 1.58. The Morgan fingerprint density at radius 3 is 2.79 bits per heavy atom. The summed E-state index contributed by atoms with van der Waals surface area (Å²) in [5, 5.41) is 0.931. The number of thiazole rings is 1. The van der Waals surface area contributed by atoms with Crippen molar-refractivity contribution < 1.29 is 18.8 Å². The predicted octanol–water partition coefficient (Wildman–Crippen LogP) is 5.43. The molecule has 8 nitrogen and oxygen atoms in total. The van der Waals surface area contributed by atoms with Crippen molar-refractivity contribution in [1.82, 2.24) is 9.88 Å². The third kappa shape index (κ3) is 3.98. The lowest BCUT2D eigenvalue weighted by molar-refractivity contribution is -0.136. The van der Waals surface area contributed by atoms with Gasteiger partial charge in [-0.1, -0.05) is 6.07 Å². The molecule has 2 aliphatic heterocycles. The molecule has 4 heterocycles. The van der Waals surface area contributed by atoms with Crippen LogP contribution in [-0.2, 0) is 4.79 Å². The van der Waals surface area contributed by atoms with Gasteiger partial charge in [-0.2, -0.15) is 0 Å². The molecule has 2 aliphatic rings. The average molecular weight is 529 g/mol. The zero-order valence-corrected chi connectivity index (χ0v) is 22.3. The number of benzene rings is 2. The lowest BCUT2D eigenvalue weighted by Gasteiger charge is -2.37. The van der Waals surface area contributed by atoms with Gasteiger partial charge in [-0.15, -0.1) is 11.3 Å². The first-order valence-corrected chi connectivity index (χ1v) is 13.6. The molecule has 38 heavy (non-hydrogen) atoms. The Morgan fingerprint density at radius 1 is 1.16 bits per heavy atom. The summed E-state index contributed by atoms with van der Waals surface area (Å²) < 4.78 is 6.52. The molecule has 0 unspecified atom stereocenters. The van der Waals surface area contributed by atoms with Crippen LogP contribution in [-0.4, -0.2) is 47.7 Å². The molecule has 3 amide bonds. The number of nitrogens with zero attached hydrogens (tertiary/aromatic N) is 4. The van der Waals surface area contributed by atoms with Crippen LogP contribution >= 0.6 is 11.3 Å². The third-order valence-corrected chi connectivity index (χ3v) is 8.58. The molecule has 2 atom stereocenters. The third-order valence-electron chi connectivity index (χ3n) is 7.62. The molecule has 0 radical (unpaired) electrons. The van der Waals surface area contributed by atoms with Gasteiger partial charge in [0.05, 0.1) is 55.9 Å². The van der Waals surface area contributed by atoms with Crippen molar-refractivity contribution >= 4 is 50.6 Å². The first-order valence-electron chi connectivity index (χ1n) is 12.8. The highest BCUT2D eigenvalue weighted by Gasteiger charge is 2.41. The summed E-state index contributed by atoms with van der Waals surface area (Å²) in [6, 6.07) is 14.4. The molecular formula is C29H28N4O4S. The van der Waals surface area contributed by atoms with E-state index >= 15 is 0 Å². The molecule has 2 aromatic heterocycles. The van der Waals surface area contributed by atoms with Crippen molar-refractivity contribution in [1.29, 1.82) is 0 Å². The van der Waals surface area contributed by atoms with Gasteiger partial charge in [0, 0.05) is 20.1 Å². The maximum absolute atomic E-state index is 13.7. The molecule has 6 rings (SSSR count). The number of furan rings is 1. The Labute approximate surface area is 224 Å². The number of fused-ring (bicyclic) bond motifs is 2. The molecule has 4 aromatic rings. The molecule has 9 heteroatoms. The number of hydrogen-bond donors (Lipinski definition) is 0. The number of imide groups is 1. The lowest BCUT2D eigenvalue weighted by Crippen LogP contribution is -2.44. The molecule has 1 saturated heterocycles. The normalized spacial score (nSPS) is 18.2. The van der Waals surface area contributed by atoms with Crippen LogP contribution in [0.5, 0.6) is 0 Å². The minimum atomic E-state index is -0.344. The average Bonchev–Trinajstić information content (AvgIpc) is 3.65. The number of hydrogen-bond acceptors (Lipinski definition) is 7. The first-order chi connectivity index (χ1) is 18.3. The number of carbonyl (C=O) groups is 3. The molecule has 1 fully saturated rings. The van der Waals surface area contributed by atoms with Crippen molar-refractivity contribution in [2.75, 3.05) is 29.9 Å². The molecule has 0 saturated carbocycles. The molecule has 194 valence electrons. The fourth-order valence-corrected chi connectivity index (χ4v) is 6.34. The summed E-state index contributed by atoms with van der Waals surface area (Å²) in [5.41, 5.74) is 2.77. The van der Waals surface area contributed by atoms with Gasteiger partial charge in [-0.25, -0.2) is 9.88 Å². The molecule has 0 bridgehead atoms. The van der Waals surface area contributed by atoms with E-state index in [0.29, 0.717) is 35.6 Å². The second kappa shape index (κ2) is 9.40. The highest BCUT2D eigenvalue weighted by Crippen LogP contribution is 2.38. The van der Waals surface area contributed by atoms with Crippen LogP contribution in [0.25, 0.3) is 10.2 Å². The topological polar surface area (TPSA) is 87.0 Å². The van der Waals surface area contributed by atoms with Gasteiger partial charge >= 0.3 is 0 Å². The number of rotatable bonds is 5. The molecule has 0 spiro atoms. The second-order valence-corrected chi connectivity index (χ2v) is 11.2. The van der Waals surface area contributed by atoms with E-state index in [1.807, 2.05) is 44.2 Å². The fraction of sp³-hybridized carbons (Fsp3) is 0.310. The highest BCUT2D eigenvalue weighted by atomic mass is 32.1.